The molecule has 0 aliphatic carbocycles. The van der Waals surface area contributed by atoms with Gasteiger partial charge in [0.05, 0.1) is 22.5 Å². The number of carbonyl (C=O) groups is 1. The summed E-state index contributed by atoms with van der Waals surface area (Å²) < 4.78 is 43.3. The molecule has 1 saturated heterocycles. The molecule has 36 heavy (non-hydrogen) atoms. The summed E-state index contributed by atoms with van der Waals surface area (Å²) in [6.07, 6.45) is 2.35. The molecule has 0 unspecified atom stereocenters. The molecule has 1 fully saturated rings. The normalized spacial score (nSPS) is 15.3. The zero-order valence-corrected chi connectivity index (χ0v) is 22.3. The highest BCUT2D eigenvalue weighted by Gasteiger charge is 2.36. The van der Waals surface area contributed by atoms with Gasteiger partial charge in [-0.2, -0.15) is 4.31 Å². The number of aromatic nitrogens is 2. The maximum absolute atomic E-state index is 14.2. The fraction of sp³-hybridized carbons (Fsp3) is 0.240. The number of amides is 1. The van der Waals surface area contributed by atoms with Crippen molar-refractivity contribution in [1.82, 2.24) is 14.3 Å². The number of sulfonamides is 1. The van der Waals surface area contributed by atoms with E-state index in [0.717, 1.165) is 26.4 Å². The van der Waals surface area contributed by atoms with Gasteiger partial charge < -0.3 is 0 Å². The molecule has 1 aliphatic rings. The second-order valence-electron chi connectivity index (χ2n) is 8.46. The Kier molecular flexibility index (Phi) is 7.16. The number of pyridine rings is 1. The van der Waals surface area contributed by atoms with Gasteiger partial charge in [-0.15, -0.1) is 0 Å². The van der Waals surface area contributed by atoms with E-state index in [1.807, 2.05) is 36.4 Å². The van der Waals surface area contributed by atoms with Crippen LogP contribution in [0.3, 0.4) is 0 Å². The number of halogens is 2. The third-order valence-corrected chi connectivity index (χ3v) is 9.61. The SMILES string of the molecule is O=C(C1CCN(S(=O)(=O)c2ccccc2F)CC1)N(Cc1ccccn1)c1nc2ccc(Br)cc2s1. The van der Waals surface area contributed by atoms with Gasteiger partial charge >= 0.3 is 0 Å². The topological polar surface area (TPSA) is 83.5 Å². The van der Waals surface area contributed by atoms with E-state index in [2.05, 4.69) is 20.9 Å². The Labute approximate surface area is 220 Å². The molecule has 7 nitrogen and oxygen atoms in total. The van der Waals surface area contributed by atoms with Gasteiger partial charge in [-0.25, -0.2) is 17.8 Å². The highest BCUT2D eigenvalue weighted by molar-refractivity contribution is 9.10. The number of thiazole rings is 1. The summed E-state index contributed by atoms with van der Waals surface area (Å²) in [5.74, 6) is -1.29. The number of anilines is 1. The molecule has 1 amide bonds. The number of fused-ring (bicyclic) bond motifs is 1. The lowest BCUT2D eigenvalue weighted by atomic mass is 9.96. The molecule has 0 radical (unpaired) electrons. The van der Waals surface area contributed by atoms with E-state index in [1.165, 1.54) is 33.8 Å². The molecule has 2 aromatic heterocycles. The van der Waals surface area contributed by atoms with Gasteiger partial charge in [0, 0.05) is 29.7 Å². The zero-order valence-electron chi connectivity index (χ0n) is 19.0. The smallest absolute Gasteiger partial charge is 0.245 e. The molecule has 0 saturated carbocycles. The molecule has 11 heteroatoms. The van der Waals surface area contributed by atoms with Crippen molar-refractivity contribution in [1.29, 1.82) is 0 Å². The number of carbonyl (C=O) groups excluding carboxylic acids is 1. The third-order valence-electron chi connectivity index (χ3n) is 6.14. The van der Waals surface area contributed by atoms with Crippen molar-refractivity contribution in [3.05, 3.63) is 82.8 Å². The average molecular weight is 590 g/mol. The van der Waals surface area contributed by atoms with Crippen LogP contribution in [-0.2, 0) is 21.4 Å². The highest BCUT2D eigenvalue weighted by Crippen LogP contribution is 2.34. The van der Waals surface area contributed by atoms with Crippen LogP contribution in [0.25, 0.3) is 10.2 Å². The molecule has 0 bridgehead atoms. The molecule has 3 heterocycles. The van der Waals surface area contributed by atoms with Crippen molar-refractivity contribution in [2.24, 2.45) is 5.92 Å². The first-order valence-corrected chi connectivity index (χ1v) is 14.4. The van der Waals surface area contributed by atoms with Crippen LogP contribution in [-0.4, -0.2) is 41.7 Å². The molecule has 0 spiro atoms. The van der Waals surface area contributed by atoms with Crippen molar-refractivity contribution in [2.45, 2.75) is 24.3 Å². The minimum atomic E-state index is -3.98. The molecule has 0 N–H and O–H groups in total. The van der Waals surface area contributed by atoms with Gasteiger partial charge in [0.25, 0.3) is 0 Å². The van der Waals surface area contributed by atoms with Crippen LogP contribution in [0, 0.1) is 11.7 Å². The molecule has 1 aliphatic heterocycles. The number of benzene rings is 2. The lowest BCUT2D eigenvalue weighted by Gasteiger charge is -2.33. The van der Waals surface area contributed by atoms with Crippen LogP contribution in [0.5, 0.6) is 0 Å². The molecule has 2 aromatic carbocycles. The van der Waals surface area contributed by atoms with E-state index < -0.39 is 15.8 Å². The Hall–Kier alpha value is -2.73. The standard InChI is InChI=1S/C25H22BrFN4O3S2/c26-18-8-9-21-22(15-18)35-25(29-21)31(16-19-5-3-4-12-28-19)24(32)17-10-13-30(14-11-17)36(33,34)23-7-2-1-6-20(23)27/h1-9,12,15,17H,10-11,13-14,16H2. The summed E-state index contributed by atoms with van der Waals surface area (Å²) in [4.78, 5) is 24.1. The highest BCUT2D eigenvalue weighted by atomic mass is 79.9. The van der Waals surface area contributed by atoms with E-state index in [4.69, 9.17) is 4.98 Å². The molecule has 186 valence electrons. The summed E-state index contributed by atoms with van der Waals surface area (Å²) in [7, 11) is -3.98. The van der Waals surface area contributed by atoms with Gasteiger partial charge in [0.2, 0.25) is 15.9 Å². The fourth-order valence-electron chi connectivity index (χ4n) is 4.25. The third kappa shape index (κ3) is 5.06. The number of piperidine rings is 1. The van der Waals surface area contributed by atoms with Gasteiger partial charge in [-0.1, -0.05) is 45.5 Å². The van der Waals surface area contributed by atoms with E-state index in [-0.39, 0.29) is 36.4 Å². The maximum Gasteiger partial charge on any atom is 0.245 e. The van der Waals surface area contributed by atoms with Crippen LogP contribution in [0.4, 0.5) is 9.52 Å². The Morgan fingerprint density at radius 1 is 1.11 bits per heavy atom. The monoisotopic (exact) mass is 588 g/mol. The number of hydrogen-bond acceptors (Lipinski definition) is 6. The Balaban J connectivity index is 1.38. The fourth-order valence-corrected chi connectivity index (χ4v) is 7.31. The molecular weight excluding hydrogens is 567 g/mol. The molecule has 4 aromatic rings. The zero-order chi connectivity index (χ0) is 25.3. The largest absolute Gasteiger partial charge is 0.282 e. The lowest BCUT2D eigenvalue weighted by molar-refractivity contribution is -0.123. The van der Waals surface area contributed by atoms with Crippen molar-refractivity contribution in [2.75, 3.05) is 18.0 Å². The number of hydrogen-bond donors (Lipinski definition) is 0. The van der Waals surface area contributed by atoms with Crippen LogP contribution in [0.15, 0.2) is 76.2 Å². The summed E-state index contributed by atoms with van der Waals surface area (Å²) in [6.45, 7) is 0.531. The van der Waals surface area contributed by atoms with Crippen LogP contribution >= 0.6 is 27.3 Å². The quantitative estimate of drug-likeness (QED) is 0.308. The Bertz CT molecular complexity index is 1510. The van der Waals surface area contributed by atoms with Gasteiger partial charge in [-0.3, -0.25) is 14.7 Å². The summed E-state index contributed by atoms with van der Waals surface area (Å²) in [6, 6.07) is 16.7. The summed E-state index contributed by atoms with van der Waals surface area (Å²) >= 11 is 4.90. The summed E-state index contributed by atoms with van der Waals surface area (Å²) in [5.41, 5.74) is 1.52. The first-order valence-electron chi connectivity index (χ1n) is 11.3. The number of nitrogens with zero attached hydrogens (tertiary/aromatic N) is 4. The first kappa shape index (κ1) is 24.9. The second kappa shape index (κ2) is 10.3. The predicted octanol–water partition coefficient (Wildman–Crippen LogP) is 5.23. The lowest BCUT2D eigenvalue weighted by Crippen LogP contribution is -2.44. The average Bonchev–Trinajstić information content (AvgIpc) is 3.30. The maximum atomic E-state index is 14.2. The molecule has 5 rings (SSSR count). The van der Waals surface area contributed by atoms with Gasteiger partial charge in [0.1, 0.15) is 10.7 Å². The first-order chi connectivity index (χ1) is 17.3. The van der Waals surface area contributed by atoms with Gasteiger partial charge in [0.15, 0.2) is 5.13 Å². The minimum absolute atomic E-state index is 0.123. The van der Waals surface area contributed by atoms with Crippen LogP contribution < -0.4 is 4.90 Å². The minimum Gasteiger partial charge on any atom is -0.282 e. The predicted molar refractivity (Wildman–Crippen MR) is 141 cm³/mol. The van der Waals surface area contributed by atoms with E-state index in [1.54, 1.807) is 11.1 Å². The van der Waals surface area contributed by atoms with Gasteiger partial charge in [-0.05, 0) is 55.3 Å². The van der Waals surface area contributed by atoms with E-state index in [0.29, 0.717) is 18.0 Å². The molecule has 0 atom stereocenters. The van der Waals surface area contributed by atoms with Crippen molar-refractivity contribution >= 4 is 58.5 Å². The molecular formula is C25H22BrFN4O3S2. The Morgan fingerprint density at radius 2 is 1.86 bits per heavy atom. The van der Waals surface area contributed by atoms with Crippen LogP contribution in [0.1, 0.15) is 18.5 Å². The second-order valence-corrected chi connectivity index (χ2v) is 12.3. The van der Waals surface area contributed by atoms with E-state index in [9.17, 15) is 17.6 Å². The van der Waals surface area contributed by atoms with Crippen molar-refractivity contribution in [3.8, 4) is 0 Å². The Morgan fingerprint density at radius 3 is 2.58 bits per heavy atom. The summed E-state index contributed by atoms with van der Waals surface area (Å²) in [5, 5.41) is 0.570. The van der Waals surface area contributed by atoms with E-state index >= 15 is 0 Å². The van der Waals surface area contributed by atoms with Crippen molar-refractivity contribution < 1.29 is 17.6 Å². The van der Waals surface area contributed by atoms with Crippen LogP contribution in [0.2, 0.25) is 0 Å². The van der Waals surface area contributed by atoms with Crippen molar-refractivity contribution in [3.63, 3.8) is 0 Å². The number of rotatable bonds is 6.